The summed E-state index contributed by atoms with van der Waals surface area (Å²) in [5.41, 5.74) is 0.869. The molecule has 2 atom stereocenters. The fourth-order valence-electron chi connectivity index (χ4n) is 2.93. The van der Waals surface area contributed by atoms with Crippen LogP contribution in [0.25, 0.3) is 0 Å². The zero-order valence-electron chi connectivity index (χ0n) is 12.2. The van der Waals surface area contributed by atoms with Crippen LogP contribution in [0.15, 0.2) is 24.3 Å². The number of hydrogen-bond donors (Lipinski definition) is 0. The van der Waals surface area contributed by atoms with Gasteiger partial charge in [0.15, 0.2) is 5.60 Å². The first-order chi connectivity index (χ1) is 9.02. The molecule has 2 rings (SSSR count). The Labute approximate surface area is 114 Å². The van der Waals surface area contributed by atoms with Gasteiger partial charge in [-0.15, -0.1) is 0 Å². The monoisotopic (exact) mass is 262 g/mol. The number of carbonyl (C=O) groups excluding carboxylic acids is 1. The summed E-state index contributed by atoms with van der Waals surface area (Å²) >= 11 is 0. The van der Waals surface area contributed by atoms with Crippen LogP contribution in [-0.2, 0) is 19.9 Å². The SMILES string of the molecule is CCCC1(C(=O)OCC)OC1(C)c1ccccc1C. The van der Waals surface area contributed by atoms with Crippen LogP contribution in [0.3, 0.4) is 0 Å². The van der Waals surface area contributed by atoms with Crippen molar-refractivity contribution in [3.05, 3.63) is 35.4 Å². The molecule has 0 saturated carbocycles. The zero-order valence-corrected chi connectivity index (χ0v) is 12.2. The Morgan fingerprint density at radius 3 is 2.58 bits per heavy atom. The van der Waals surface area contributed by atoms with E-state index in [9.17, 15) is 4.79 Å². The van der Waals surface area contributed by atoms with Gasteiger partial charge >= 0.3 is 5.97 Å². The first-order valence-electron chi connectivity index (χ1n) is 6.95. The van der Waals surface area contributed by atoms with Gasteiger partial charge in [0, 0.05) is 0 Å². The fraction of sp³-hybridized carbons (Fsp3) is 0.562. The van der Waals surface area contributed by atoms with Crippen molar-refractivity contribution in [3.8, 4) is 0 Å². The van der Waals surface area contributed by atoms with Gasteiger partial charge in [-0.2, -0.15) is 0 Å². The third-order valence-electron chi connectivity index (χ3n) is 3.97. The molecule has 0 N–H and O–H groups in total. The van der Waals surface area contributed by atoms with Gasteiger partial charge in [-0.3, -0.25) is 0 Å². The van der Waals surface area contributed by atoms with Crippen molar-refractivity contribution < 1.29 is 14.3 Å². The van der Waals surface area contributed by atoms with Crippen molar-refractivity contribution >= 4 is 5.97 Å². The van der Waals surface area contributed by atoms with Crippen LogP contribution < -0.4 is 0 Å². The Bertz CT molecular complexity index is 483. The number of epoxide rings is 1. The van der Waals surface area contributed by atoms with E-state index in [1.807, 2.05) is 45.0 Å². The molecule has 3 heteroatoms. The van der Waals surface area contributed by atoms with E-state index in [0.717, 1.165) is 17.5 Å². The molecule has 1 fully saturated rings. The highest BCUT2D eigenvalue weighted by Crippen LogP contribution is 2.59. The third kappa shape index (κ3) is 2.06. The Hall–Kier alpha value is -1.35. The zero-order chi connectivity index (χ0) is 14.1. The minimum Gasteiger partial charge on any atom is -0.464 e. The van der Waals surface area contributed by atoms with Crippen molar-refractivity contribution in [2.75, 3.05) is 6.61 Å². The molecule has 1 saturated heterocycles. The normalized spacial score (nSPS) is 29.1. The van der Waals surface area contributed by atoms with E-state index < -0.39 is 11.2 Å². The summed E-state index contributed by atoms with van der Waals surface area (Å²) in [5.74, 6) is -0.234. The van der Waals surface area contributed by atoms with Crippen LogP contribution in [0.4, 0.5) is 0 Å². The van der Waals surface area contributed by atoms with E-state index in [1.54, 1.807) is 0 Å². The first-order valence-corrected chi connectivity index (χ1v) is 6.95. The van der Waals surface area contributed by atoms with Crippen molar-refractivity contribution in [1.29, 1.82) is 0 Å². The van der Waals surface area contributed by atoms with Crippen molar-refractivity contribution in [2.45, 2.75) is 51.7 Å². The van der Waals surface area contributed by atoms with Gasteiger partial charge in [-0.25, -0.2) is 4.79 Å². The molecule has 1 heterocycles. The molecule has 0 aliphatic carbocycles. The van der Waals surface area contributed by atoms with Crippen LogP contribution in [0.5, 0.6) is 0 Å². The van der Waals surface area contributed by atoms with E-state index >= 15 is 0 Å². The molecule has 0 spiro atoms. The molecule has 1 aliphatic heterocycles. The Balaban J connectivity index is 2.36. The summed E-state index contributed by atoms with van der Waals surface area (Å²) in [5, 5.41) is 0. The minimum atomic E-state index is -0.802. The van der Waals surface area contributed by atoms with Crippen LogP contribution in [-0.4, -0.2) is 18.2 Å². The van der Waals surface area contributed by atoms with Crippen LogP contribution in [0.2, 0.25) is 0 Å². The summed E-state index contributed by atoms with van der Waals surface area (Å²) in [4.78, 5) is 12.3. The number of hydrogen-bond acceptors (Lipinski definition) is 3. The molecule has 104 valence electrons. The fourth-order valence-corrected chi connectivity index (χ4v) is 2.93. The molecule has 19 heavy (non-hydrogen) atoms. The number of benzene rings is 1. The molecular weight excluding hydrogens is 240 g/mol. The van der Waals surface area contributed by atoms with Crippen molar-refractivity contribution in [2.24, 2.45) is 0 Å². The highest BCUT2D eigenvalue weighted by atomic mass is 16.7. The van der Waals surface area contributed by atoms with E-state index in [2.05, 4.69) is 6.92 Å². The third-order valence-corrected chi connectivity index (χ3v) is 3.97. The van der Waals surface area contributed by atoms with Gasteiger partial charge in [0.1, 0.15) is 5.60 Å². The van der Waals surface area contributed by atoms with Crippen LogP contribution in [0, 0.1) is 6.92 Å². The standard InChI is InChI=1S/C16H22O3/c1-5-11-16(14(17)18-6-2)15(4,19-16)13-10-8-7-9-12(13)3/h7-10H,5-6,11H2,1-4H3. The largest absolute Gasteiger partial charge is 0.464 e. The van der Waals surface area contributed by atoms with Crippen LogP contribution in [0.1, 0.15) is 44.7 Å². The Morgan fingerprint density at radius 2 is 2.00 bits per heavy atom. The molecular formula is C16H22O3. The van der Waals surface area contributed by atoms with E-state index in [0.29, 0.717) is 13.0 Å². The molecule has 3 nitrogen and oxygen atoms in total. The number of carbonyl (C=O) groups is 1. The molecule has 1 aromatic rings. The predicted molar refractivity (Wildman–Crippen MR) is 73.9 cm³/mol. The van der Waals surface area contributed by atoms with E-state index in [-0.39, 0.29) is 5.97 Å². The van der Waals surface area contributed by atoms with Crippen molar-refractivity contribution in [3.63, 3.8) is 0 Å². The van der Waals surface area contributed by atoms with Gasteiger partial charge in [0.25, 0.3) is 0 Å². The van der Waals surface area contributed by atoms with Gasteiger partial charge in [-0.05, 0) is 38.3 Å². The maximum Gasteiger partial charge on any atom is 0.341 e. The van der Waals surface area contributed by atoms with Crippen molar-refractivity contribution in [1.82, 2.24) is 0 Å². The summed E-state index contributed by atoms with van der Waals surface area (Å²) in [6.45, 7) is 8.30. The smallest absolute Gasteiger partial charge is 0.341 e. The second-order valence-electron chi connectivity index (χ2n) is 5.25. The lowest BCUT2D eigenvalue weighted by molar-refractivity contribution is -0.149. The quantitative estimate of drug-likeness (QED) is 0.603. The maximum atomic E-state index is 12.3. The second kappa shape index (κ2) is 4.97. The number of esters is 1. The highest BCUT2D eigenvalue weighted by molar-refractivity contribution is 5.85. The molecule has 1 aromatic carbocycles. The Kier molecular flexibility index (Phi) is 3.68. The average molecular weight is 262 g/mol. The van der Waals surface area contributed by atoms with Crippen LogP contribution >= 0.6 is 0 Å². The molecule has 0 radical (unpaired) electrons. The summed E-state index contributed by atoms with van der Waals surface area (Å²) in [7, 11) is 0. The minimum absolute atomic E-state index is 0.234. The average Bonchev–Trinajstić information content (AvgIpc) is 2.98. The molecule has 2 unspecified atom stereocenters. The molecule has 0 aromatic heterocycles. The molecule has 1 aliphatic rings. The molecule has 0 bridgehead atoms. The Morgan fingerprint density at radius 1 is 1.32 bits per heavy atom. The van der Waals surface area contributed by atoms with Gasteiger partial charge in [0.2, 0.25) is 0 Å². The van der Waals surface area contributed by atoms with Gasteiger partial charge in [0.05, 0.1) is 6.61 Å². The lowest BCUT2D eigenvalue weighted by Gasteiger charge is -2.17. The number of rotatable bonds is 5. The summed E-state index contributed by atoms with van der Waals surface area (Å²) < 4.78 is 11.2. The van der Waals surface area contributed by atoms with E-state index in [4.69, 9.17) is 9.47 Å². The van der Waals surface area contributed by atoms with Gasteiger partial charge < -0.3 is 9.47 Å². The second-order valence-corrected chi connectivity index (χ2v) is 5.25. The lowest BCUT2D eigenvalue weighted by atomic mass is 9.83. The lowest BCUT2D eigenvalue weighted by Crippen LogP contribution is -2.33. The summed E-state index contributed by atoms with van der Waals surface area (Å²) in [6, 6.07) is 8.06. The first kappa shape index (κ1) is 14.1. The number of ether oxygens (including phenoxy) is 2. The number of aryl methyl sites for hydroxylation is 1. The molecule has 0 amide bonds. The topological polar surface area (TPSA) is 38.8 Å². The summed E-state index contributed by atoms with van der Waals surface area (Å²) in [6.07, 6.45) is 1.58. The maximum absolute atomic E-state index is 12.3. The highest BCUT2D eigenvalue weighted by Gasteiger charge is 2.73. The predicted octanol–water partition coefficient (Wildman–Crippen LogP) is 3.34. The van der Waals surface area contributed by atoms with E-state index in [1.165, 1.54) is 0 Å². The van der Waals surface area contributed by atoms with Gasteiger partial charge in [-0.1, -0.05) is 37.6 Å².